The van der Waals surface area contributed by atoms with Crippen LogP contribution in [0.2, 0.25) is 5.02 Å². The first kappa shape index (κ1) is 16.0. The molecule has 0 fully saturated rings. The Morgan fingerprint density at radius 1 is 1.29 bits per heavy atom. The second-order valence-corrected chi connectivity index (χ2v) is 5.57. The summed E-state index contributed by atoms with van der Waals surface area (Å²) in [5.74, 6) is 5.73. The maximum Gasteiger partial charge on any atom is 0.0624 e. The summed E-state index contributed by atoms with van der Waals surface area (Å²) >= 11 is 6.23. The molecule has 21 heavy (non-hydrogen) atoms. The van der Waals surface area contributed by atoms with Gasteiger partial charge in [-0.1, -0.05) is 36.7 Å². The number of hydrazine groups is 1. The molecule has 0 spiro atoms. The van der Waals surface area contributed by atoms with Crippen molar-refractivity contribution < 1.29 is 0 Å². The SMILES string of the molecule is CCc1cc(CC(Cc2ccccc2Cl)NN)n(CC)n1. The van der Waals surface area contributed by atoms with Crippen molar-refractivity contribution in [2.45, 2.75) is 45.7 Å². The van der Waals surface area contributed by atoms with Crippen LogP contribution in [0.5, 0.6) is 0 Å². The van der Waals surface area contributed by atoms with Crippen LogP contribution in [0.4, 0.5) is 0 Å². The van der Waals surface area contributed by atoms with E-state index in [0.717, 1.165) is 42.1 Å². The molecule has 1 unspecified atom stereocenters. The lowest BCUT2D eigenvalue weighted by Gasteiger charge is -2.17. The highest BCUT2D eigenvalue weighted by Gasteiger charge is 2.14. The lowest BCUT2D eigenvalue weighted by molar-refractivity contribution is 0.496. The zero-order valence-electron chi connectivity index (χ0n) is 12.6. The van der Waals surface area contributed by atoms with Crippen molar-refractivity contribution in [2.24, 2.45) is 5.84 Å². The Hall–Kier alpha value is -1.36. The summed E-state index contributed by atoms with van der Waals surface area (Å²) in [6.07, 6.45) is 2.58. The third kappa shape index (κ3) is 4.06. The number of hydrogen-bond donors (Lipinski definition) is 2. The zero-order chi connectivity index (χ0) is 15.2. The minimum atomic E-state index is 0.136. The fourth-order valence-electron chi connectivity index (χ4n) is 2.50. The van der Waals surface area contributed by atoms with E-state index < -0.39 is 0 Å². The molecule has 114 valence electrons. The number of hydrogen-bond acceptors (Lipinski definition) is 3. The molecule has 1 aromatic heterocycles. The van der Waals surface area contributed by atoms with Crippen LogP contribution >= 0.6 is 11.6 Å². The van der Waals surface area contributed by atoms with Crippen LogP contribution in [0.1, 0.15) is 30.8 Å². The van der Waals surface area contributed by atoms with Crippen molar-refractivity contribution in [2.75, 3.05) is 0 Å². The number of nitrogens with zero attached hydrogens (tertiary/aromatic N) is 2. The maximum atomic E-state index is 6.23. The van der Waals surface area contributed by atoms with Gasteiger partial charge in [0.2, 0.25) is 0 Å². The Morgan fingerprint density at radius 3 is 2.67 bits per heavy atom. The van der Waals surface area contributed by atoms with Crippen LogP contribution in [0.3, 0.4) is 0 Å². The highest BCUT2D eigenvalue weighted by atomic mass is 35.5. The van der Waals surface area contributed by atoms with Gasteiger partial charge < -0.3 is 0 Å². The molecule has 0 aliphatic heterocycles. The quantitative estimate of drug-likeness (QED) is 0.611. The fourth-order valence-corrected chi connectivity index (χ4v) is 2.71. The van der Waals surface area contributed by atoms with Gasteiger partial charge in [0.05, 0.1) is 5.69 Å². The minimum absolute atomic E-state index is 0.136. The molecule has 0 aliphatic rings. The molecule has 2 rings (SSSR count). The van der Waals surface area contributed by atoms with E-state index in [9.17, 15) is 0 Å². The molecule has 0 saturated heterocycles. The normalized spacial score (nSPS) is 12.6. The molecule has 1 heterocycles. The summed E-state index contributed by atoms with van der Waals surface area (Å²) in [5, 5.41) is 5.37. The number of aryl methyl sites for hydroxylation is 2. The highest BCUT2D eigenvalue weighted by molar-refractivity contribution is 6.31. The summed E-state index contributed by atoms with van der Waals surface area (Å²) < 4.78 is 2.05. The van der Waals surface area contributed by atoms with E-state index in [2.05, 4.69) is 35.1 Å². The predicted octanol–water partition coefficient (Wildman–Crippen LogP) is 2.74. The highest BCUT2D eigenvalue weighted by Crippen LogP contribution is 2.18. The van der Waals surface area contributed by atoms with Crippen LogP contribution in [0.15, 0.2) is 30.3 Å². The molecular weight excluding hydrogens is 284 g/mol. The third-order valence-corrected chi connectivity index (χ3v) is 4.06. The largest absolute Gasteiger partial charge is 0.271 e. The Balaban J connectivity index is 2.12. The van der Waals surface area contributed by atoms with Gasteiger partial charge in [-0.25, -0.2) is 0 Å². The van der Waals surface area contributed by atoms with Crippen molar-refractivity contribution in [3.8, 4) is 0 Å². The summed E-state index contributed by atoms with van der Waals surface area (Å²) in [7, 11) is 0. The van der Waals surface area contributed by atoms with Crippen molar-refractivity contribution in [3.05, 3.63) is 52.3 Å². The lowest BCUT2D eigenvalue weighted by Crippen LogP contribution is -2.39. The van der Waals surface area contributed by atoms with Gasteiger partial charge >= 0.3 is 0 Å². The van der Waals surface area contributed by atoms with Crippen LogP contribution in [-0.2, 0) is 25.8 Å². The lowest BCUT2D eigenvalue weighted by atomic mass is 10.0. The molecule has 1 atom stereocenters. The van der Waals surface area contributed by atoms with Crippen molar-refractivity contribution in [1.29, 1.82) is 0 Å². The molecule has 5 heteroatoms. The summed E-state index contributed by atoms with van der Waals surface area (Å²) in [4.78, 5) is 0. The van der Waals surface area contributed by atoms with Gasteiger partial charge in [0.25, 0.3) is 0 Å². The second kappa shape index (κ2) is 7.59. The molecule has 2 aromatic rings. The smallest absolute Gasteiger partial charge is 0.0624 e. The average molecular weight is 307 g/mol. The number of benzene rings is 1. The molecule has 0 saturated carbocycles. The van der Waals surface area contributed by atoms with E-state index >= 15 is 0 Å². The molecule has 4 nitrogen and oxygen atoms in total. The molecule has 1 aromatic carbocycles. The molecule has 0 radical (unpaired) electrons. The average Bonchev–Trinajstić information content (AvgIpc) is 2.90. The molecule has 0 bridgehead atoms. The van der Waals surface area contributed by atoms with Gasteiger partial charge in [-0.15, -0.1) is 0 Å². The first-order valence-corrected chi connectivity index (χ1v) is 7.80. The van der Waals surface area contributed by atoms with E-state index in [1.165, 1.54) is 5.69 Å². The van der Waals surface area contributed by atoms with Gasteiger partial charge in [-0.3, -0.25) is 16.0 Å². The van der Waals surface area contributed by atoms with E-state index in [-0.39, 0.29) is 6.04 Å². The van der Waals surface area contributed by atoms with Gasteiger partial charge in [0, 0.05) is 29.7 Å². The van der Waals surface area contributed by atoms with Gasteiger partial charge in [0.15, 0.2) is 0 Å². The number of rotatable bonds is 7. The van der Waals surface area contributed by atoms with Crippen molar-refractivity contribution in [1.82, 2.24) is 15.2 Å². The number of halogens is 1. The fraction of sp³-hybridized carbons (Fsp3) is 0.438. The third-order valence-electron chi connectivity index (χ3n) is 3.69. The summed E-state index contributed by atoms with van der Waals surface area (Å²) in [6.45, 7) is 5.10. The van der Waals surface area contributed by atoms with Crippen molar-refractivity contribution in [3.63, 3.8) is 0 Å². The van der Waals surface area contributed by atoms with E-state index in [1.54, 1.807) is 0 Å². The number of aromatic nitrogens is 2. The van der Waals surface area contributed by atoms with Crippen LogP contribution < -0.4 is 11.3 Å². The summed E-state index contributed by atoms with van der Waals surface area (Å²) in [6, 6.07) is 10.2. The predicted molar refractivity (Wildman–Crippen MR) is 87.3 cm³/mol. The summed E-state index contributed by atoms with van der Waals surface area (Å²) in [5.41, 5.74) is 6.35. The number of nitrogens with two attached hydrogens (primary N) is 1. The van der Waals surface area contributed by atoms with Crippen LogP contribution in [0.25, 0.3) is 0 Å². The van der Waals surface area contributed by atoms with E-state index in [0.29, 0.717) is 0 Å². The first-order chi connectivity index (χ1) is 10.2. The molecule has 3 N–H and O–H groups in total. The molecular formula is C16H23ClN4. The topological polar surface area (TPSA) is 55.9 Å². The van der Waals surface area contributed by atoms with Gasteiger partial charge in [-0.2, -0.15) is 5.10 Å². The Kier molecular flexibility index (Phi) is 5.79. The van der Waals surface area contributed by atoms with Gasteiger partial charge in [-0.05, 0) is 37.5 Å². The Morgan fingerprint density at radius 2 is 2.05 bits per heavy atom. The molecule has 0 amide bonds. The maximum absolute atomic E-state index is 6.23. The molecule has 0 aliphatic carbocycles. The standard InChI is InChI=1S/C16H23ClN4/c1-3-13-10-15(21(4-2)20-13)11-14(19-18)9-12-7-5-6-8-16(12)17/h5-8,10,14,19H,3-4,9,11,18H2,1-2H3. The first-order valence-electron chi connectivity index (χ1n) is 7.43. The van der Waals surface area contributed by atoms with E-state index in [4.69, 9.17) is 17.4 Å². The monoisotopic (exact) mass is 306 g/mol. The van der Waals surface area contributed by atoms with Crippen LogP contribution in [-0.4, -0.2) is 15.8 Å². The van der Waals surface area contributed by atoms with Gasteiger partial charge in [0.1, 0.15) is 0 Å². The van der Waals surface area contributed by atoms with E-state index in [1.807, 2.05) is 24.3 Å². The van der Waals surface area contributed by atoms with Crippen LogP contribution in [0, 0.1) is 0 Å². The van der Waals surface area contributed by atoms with Crippen molar-refractivity contribution >= 4 is 11.6 Å². The Bertz CT molecular complexity index is 579. The number of nitrogens with one attached hydrogen (secondary N) is 1. The Labute approximate surface area is 131 Å². The minimum Gasteiger partial charge on any atom is -0.271 e. The zero-order valence-corrected chi connectivity index (χ0v) is 13.4. The second-order valence-electron chi connectivity index (χ2n) is 5.16.